The van der Waals surface area contributed by atoms with Gasteiger partial charge in [-0.3, -0.25) is 4.79 Å². The maximum absolute atomic E-state index is 12.9. The van der Waals surface area contributed by atoms with Crippen LogP contribution in [0.1, 0.15) is 21.5 Å². The van der Waals surface area contributed by atoms with Gasteiger partial charge in [-0.2, -0.15) is 0 Å². The van der Waals surface area contributed by atoms with Gasteiger partial charge in [0.05, 0.1) is 5.52 Å². The van der Waals surface area contributed by atoms with Crippen molar-refractivity contribution in [2.45, 2.75) is 20.4 Å². The molecule has 0 N–H and O–H groups in total. The number of ketones is 1. The topological polar surface area (TPSA) is 47.8 Å². The van der Waals surface area contributed by atoms with Crippen LogP contribution in [0.2, 0.25) is 0 Å². The molecule has 21 heavy (non-hydrogen) atoms. The summed E-state index contributed by atoms with van der Waals surface area (Å²) in [7, 11) is 0. The Labute approximate surface area is 121 Å². The Balaban J connectivity index is 1.93. The number of rotatable bonds is 3. The average molecular weight is 283 g/mol. The molecule has 0 saturated heterocycles. The van der Waals surface area contributed by atoms with Crippen molar-refractivity contribution in [3.63, 3.8) is 0 Å². The minimum absolute atomic E-state index is 0.0879. The normalized spacial score (nSPS) is 11.0. The molecule has 1 aromatic heterocycles. The summed E-state index contributed by atoms with van der Waals surface area (Å²) in [5, 5.41) is 8.11. The molecule has 0 aliphatic carbocycles. The van der Waals surface area contributed by atoms with Gasteiger partial charge in [-0.25, -0.2) is 9.07 Å². The van der Waals surface area contributed by atoms with E-state index >= 15 is 0 Å². The number of nitrogens with zero attached hydrogens (tertiary/aromatic N) is 3. The van der Waals surface area contributed by atoms with Gasteiger partial charge in [0.2, 0.25) is 0 Å². The zero-order valence-corrected chi connectivity index (χ0v) is 11.8. The van der Waals surface area contributed by atoms with Crippen LogP contribution in [0.25, 0.3) is 11.0 Å². The van der Waals surface area contributed by atoms with Crippen molar-refractivity contribution in [2.24, 2.45) is 0 Å². The third-order valence-corrected chi connectivity index (χ3v) is 3.59. The molecule has 0 amide bonds. The Morgan fingerprint density at radius 1 is 1.14 bits per heavy atom. The van der Waals surface area contributed by atoms with Gasteiger partial charge in [0, 0.05) is 5.56 Å². The van der Waals surface area contributed by atoms with Crippen molar-refractivity contribution in [1.29, 1.82) is 0 Å². The van der Waals surface area contributed by atoms with Crippen molar-refractivity contribution in [3.8, 4) is 0 Å². The zero-order chi connectivity index (χ0) is 15.0. The van der Waals surface area contributed by atoms with Crippen molar-refractivity contribution in [2.75, 3.05) is 0 Å². The summed E-state index contributed by atoms with van der Waals surface area (Å²) < 4.78 is 14.5. The zero-order valence-electron chi connectivity index (χ0n) is 11.8. The predicted molar refractivity (Wildman–Crippen MR) is 77.7 cm³/mol. The number of halogens is 1. The summed E-state index contributed by atoms with van der Waals surface area (Å²) in [5.74, 6) is -0.483. The van der Waals surface area contributed by atoms with Crippen LogP contribution in [0.3, 0.4) is 0 Å². The molecule has 0 unspecified atom stereocenters. The largest absolute Gasteiger partial charge is 0.292 e. The number of hydrogen-bond acceptors (Lipinski definition) is 3. The molecule has 3 aromatic rings. The van der Waals surface area contributed by atoms with Gasteiger partial charge in [-0.05, 0) is 61.4 Å². The Kier molecular flexibility index (Phi) is 3.25. The van der Waals surface area contributed by atoms with Crippen LogP contribution in [-0.2, 0) is 6.54 Å². The van der Waals surface area contributed by atoms with Crippen molar-refractivity contribution in [3.05, 3.63) is 58.9 Å². The van der Waals surface area contributed by atoms with Gasteiger partial charge >= 0.3 is 0 Å². The number of carbonyl (C=O) groups is 1. The van der Waals surface area contributed by atoms with Crippen LogP contribution < -0.4 is 0 Å². The SMILES string of the molecule is Cc1cc2nnn(CC(=O)c3ccc(F)cc3)c2cc1C. The molecule has 0 atom stereocenters. The van der Waals surface area contributed by atoms with Crippen LogP contribution in [0.5, 0.6) is 0 Å². The lowest BCUT2D eigenvalue weighted by Crippen LogP contribution is -2.11. The number of Topliss-reactive ketones (excluding diaryl/α,β-unsaturated/α-hetero) is 1. The van der Waals surface area contributed by atoms with E-state index in [0.717, 1.165) is 22.2 Å². The average Bonchev–Trinajstić information content (AvgIpc) is 2.82. The van der Waals surface area contributed by atoms with E-state index in [1.807, 2.05) is 26.0 Å². The monoisotopic (exact) mass is 283 g/mol. The highest BCUT2D eigenvalue weighted by Crippen LogP contribution is 2.17. The first-order valence-electron chi connectivity index (χ1n) is 6.64. The summed E-state index contributed by atoms with van der Waals surface area (Å²) in [6.45, 7) is 4.11. The Hall–Kier alpha value is -2.56. The molecule has 2 aromatic carbocycles. The van der Waals surface area contributed by atoms with Gasteiger partial charge in [0.25, 0.3) is 0 Å². The Morgan fingerprint density at radius 3 is 2.52 bits per heavy atom. The lowest BCUT2D eigenvalue weighted by Gasteiger charge is -2.04. The summed E-state index contributed by atoms with van der Waals surface area (Å²) in [6.07, 6.45) is 0. The maximum atomic E-state index is 12.9. The number of hydrogen-bond donors (Lipinski definition) is 0. The lowest BCUT2D eigenvalue weighted by atomic mass is 10.1. The summed E-state index contributed by atoms with van der Waals surface area (Å²) in [5.41, 5.74) is 4.32. The number of carbonyl (C=O) groups excluding carboxylic acids is 1. The molecule has 4 nitrogen and oxygen atoms in total. The van der Waals surface area contributed by atoms with Crippen LogP contribution in [0.15, 0.2) is 36.4 Å². The van der Waals surface area contributed by atoms with Gasteiger partial charge in [0.15, 0.2) is 5.78 Å². The number of fused-ring (bicyclic) bond motifs is 1. The fraction of sp³-hybridized carbons (Fsp3) is 0.188. The first-order valence-corrected chi connectivity index (χ1v) is 6.64. The first kappa shape index (κ1) is 13.4. The van der Waals surface area contributed by atoms with Crippen LogP contribution in [0.4, 0.5) is 4.39 Å². The molecular formula is C16H14FN3O. The highest BCUT2D eigenvalue weighted by Gasteiger charge is 2.12. The highest BCUT2D eigenvalue weighted by atomic mass is 19.1. The van der Waals surface area contributed by atoms with E-state index < -0.39 is 0 Å². The van der Waals surface area contributed by atoms with Crippen LogP contribution in [0, 0.1) is 19.7 Å². The molecule has 5 heteroatoms. The molecule has 0 fully saturated rings. The second kappa shape index (κ2) is 5.09. The van der Waals surface area contributed by atoms with E-state index in [-0.39, 0.29) is 18.1 Å². The molecule has 3 rings (SSSR count). The van der Waals surface area contributed by atoms with E-state index in [1.165, 1.54) is 24.3 Å². The molecule has 0 aliphatic heterocycles. The van der Waals surface area contributed by atoms with Crippen molar-refractivity contribution >= 4 is 16.8 Å². The Morgan fingerprint density at radius 2 is 1.81 bits per heavy atom. The highest BCUT2D eigenvalue weighted by molar-refractivity contribution is 5.96. The van der Waals surface area contributed by atoms with Crippen molar-refractivity contribution < 1.29 is 9.18 Å². The molecular weight excluding hydrogens is 269 g/mol. The van der Waals surface area contributed by atoms with Crippen molar-refractivity contribution in [1.82, 2.24) is 15.0 Å². The van der Waals surface area contributed by atoms with Crippen LogP contribution >= 0.6 is 0 Å². The number of benzene rings is 2. The molecule has 0 aliphatic rings. The maximum Gasteiger partial charge on any atom is 0.184 e. The lowest BCUT2D eigenvalue weighted by molar-refractivity contribution is 0.0968. The van der Waals surface area contributed by atoms with E-state index in [0.29, 0.717) is 5.56 Å². The van der Waals surface area contributed by atoms with Gasteiger partial charge in [0.1, 0.15) is 17.9 Å². The van der Waals surface area contributed by atoms with Gasteiger partial charge in [-0.15, -0.1) is 5.10 Å². The molecule has 106 valence electrons. The molecule has 0 saturated carbocycles. The first-order chi connectivity index (χ1) is 10.0. The molecule has 0 bridgehead atoms. The fourth-order valence-corrected chi connectivity index (χ4v) is 2.20. The van der Waals surface area contributed by atoms with Gasteiger partial charge < -0.3 is 0 Å². The third kappa shape index (κ3) is 2.54. The molecule has 0 radical (unpaired) electrons. The van der Waals surface area contributed by atoms with Gasteiger partial charge in [-0.1, -0.05) is 5.21 Å². The molecule has 0 spiro atoms. The van der Waals surface area contributed by atoms with E-state index in [2.05, 4.69) is 10.3 Å². The van der Waals surface area contributed by atoms with E-state index in [9.17, 15) is 9.18 Å². The van der Waals surface area contributed by atoms with E-state index in [4.69, 9.17) is 0 Å². The fourth-order valence-electron chi connectivity index (χ4n) is 2.20. The number of aromatic nitrogens is 3. The second-order valence-electron chi connectivity index (χ2n) is 5.10. The van der Waals surface area contributed by atoms with Crippen LogP contribution in [-0.4, -0.2) is 20.8 Å². The predicted octanol–water partition coefficient (Wildman–Crippen LogP) is 3.07. The Bertz CT molecular complexity index is 821. The third-order valence-electron chi connectivity index (χ3n) is 3.59. The second-order valence-corrected chi connectivity index (χ2v) is 5.10. The minimum atomic E-state index is -0.358. The minimum Gasteiger partial charge on any atom is -0.292 e. The smallest absolute Gasteiger partial charge is 0.184 e. The number of aryl methyl sites for hydroxylation is 2. The summed E-state index contributed by atoms with van der Waals surface area (Å²) in [6, 6.07) is 9.44. The molecule has 1 heterocycles. The summed E-state index contributed by atoms with van der Waals surface area (Å²) in [4.78, 5) is 12.2. The van der Waals surface area contributed by atoms with E-state index in [1.54, 1.807) is 4.68 Å². The standard InChI is InChI=1S/C16H14FN3O/c1-10-7-14-15(8-11(10)2)20(19-18-14)9-16(21)12-3-5-13(17)6-4-12/h3-8H,9H2,1-2H3. The quantitative estimate of drug-likeness (QED) is 0.694. The summed E-state index contributed by atoms with van der Waals surface area (Å²) >= 11 is 0.